The lowest BCUT2D eigenvalue weighted by Crippen LogP contribution is -2.59. The van der Waals surface area contributed by atoms with Crippen LogP contribution in [0.15, 0.2) is 4.79 Å². The first-order chi connectivity index (χ1) is 10.8. The van der Waals surface area contributed by atoms with Crippen LogP contribution in [-0.2, 0) is 29.6 Å². The van der Waals surface area contributed by atoms with Gasteiger partial charge in [-0.3, -0.25) is 23.6 Å². The number of ether oxygens (including phenoxy) is 1. The Labute approximate surface area is 128 Å². The first-order valence-corrected chi connectivity index (χ1v) is 8.34. The number of nitrogens with two attached hydrogens (primary N) is 1. The Morgan fingerprint density at radius 2 is 2.17 bits per heavy atom. The fourth-order valence-corrected chi connectivity index (χ4v) is 3.93. The molecule has 5 N–H and O–H groups in total. The van der Waals surface area contributed by atoms with Crippen LogP contribution in [0, 0.1) is 5.92 Å². The lowest BCUT2D eigenvalue weighted by atomic mass is 9.85. The zero-order valence-corrected chi connectivity index (χ0v) is 12.5. The number of aromatic nitrogens is 2. The molecule has 0 radical (unpaired) electrons. The predicted molar refractivity (Wildman–Crippen MR) is 74.4 cm³/mol. The van der Waals surface area contributed by atoms with Gasteiger partial charge in [-0.05, 0) is 6.42 Å². The first-order valence-electron chi connectivity index (χ1n) is 6.84. The smallest absolute Gasteiger partial charge is 0.369 e. The third kappa shape index (κ3) is 2.37. The number of hydrogen-bond acceptors (Lipinski definition) is 9. The predicted octanol–water partition coefficient (Wildman–Crippen LogP) is -1.25. The number of nitrogen functional groups attached to an aromatic ring is 1. The Kier molecular flexibility index (Phi) is 3.12. The second-order valence-electron chi connectivity index (χ2n) is 5.52. The minimum absolute atomic E-state index is 0.0507. The number of anilines is 2. The number of aromatic amines is 1. The summed E-state index contributed by atoms with van der Waals surface area (Å²) < 4.78 is 26.7. The molecule has 124 valence electrons. The van der Waals surface area contributed by atoms with Crippen LogP contribution in [0.2, 0.25) is 0 Å². The maximum atomic E-state index is 12.6. The average Bonchev–Trinajstić information content (AvgIpc) is 2.46. The van der Waals surface area contributed by atoms with E-state index in [1.54, 1.807) is 0 Å². The van der Waals surface area contributed by atoms with E-state index in [0.29, 0.717) is 0 Å². The van der Waals surface area contributed by atoms with E-state index in [2.05, 4.69) is 19.8 Å². The molecule has 12 heteroatoms. The van der Waals surface area contributed by atoms with Gasteiger partial charge < -0.3 is 20.7 Å². The Hall–Kier alpha value is -1.78. The van der Waals surface area contributed by atoms with Gasteiger partial charge in [-0.1, -0.05) is 0 Å². The summed E-state index contributed by atoms with van der Waals surface area (Å²) in [5, 5.41) is 2.87. The van der Waals surface area contributed by atoms with Crippen LogP contribution in [-0.4, -0.2) is 45.7 Å². The van der Waals surface area contributed by atoms with E-state index in [0.717, 1.165) is 0 Å². The number of nitrogens with one attached hydrogen (secondary N) is 2. The third-order valence-electron chi connectivity index (χ3n) is 4.06. The van der Waals surface area contributed by atoms with Crippen LogP contribution < -0.4 is 16.6 Å². The highest BCUT2D eigenvalue weighted by Gasteiger charge is 2.53. The van der Waals surface area contributed by atoms with Gasteiger partial charge in [0.2, 0.25) is 5.95 Å². The molecule has 0 bridgehead atoms. The average molecular weight is 344 g/mol. The molecule has 4 rings (SSSR count). The van der Waals surface area contributed by atoms with Gasteiger partial charge in [0.15, 0.2) is 11.9 Å². The molecule has 0 amide bonds. The van der Waals surface area contributed by atoms with Crippen LogP contribution in [0.4, 0.5) is 11.8 Å². The van der Waals surface area contributed by atoms with Gasteiger partial charge in [-0.2, -0.15) is 4.98 Å². The minimum atomic E-state index is -4.26. The van der Waals surface area contributed by atoms with Crippen molar-refractivity contribution in [3.8, 4) is 0 Å². The summed E-state index contributed by atoms with van der Waals surface area (Å²) in [7, 11) is -4.26. The Bertz CT molecular complexity index is 795. The highest BCUT2D eigenvalue weighted by atomic mass is 31.2. The fraction of sp³-hybridized carbons (Fsp3) is 0.545. The second-order valence-corrected chi connectivity index (χ2v) is 6.93. The molecule has 0 spiro atoms. The fourth-order valence-electron chi connectivity index (χ4n) is 3.01. The van der Waals surface area contributed by atoms with Crippen LogP contribution >= 0.6 is 7.82 Å². The molecule has 3 aliphatic rings. The Morgan fingerprint density at radius 3 is 2.96 bits per heavy atom. The van der Waals surface area contributed by atoms with Gasteiger partial charge in [0, 0.05) is 0 Å². The third-order valence-corrected chi connectivity index (χ3v) is 5.02. The Balaban J connectivity index is 1.68. The summed E-state index contributed by atoms with van der Waals surface area (Å²) >= 11 is 0. The number of hydrogen-bond donors (Lipinski definition) is 4. The van der Waals surface area contributed by atoms with Crippen molar-refractivity contribution in [2.45, 2.75) is 24.9 Å². The number of nitrogens with zero attached hydrogens (tertiary/aromatic N) is 1. The number of fused-ring (bicyclic) bond motifs is 3. The molecule has 1 unspecified atom stereocenters. The zero-order valence-electron chi connectivity index (χ0n) is 11.6. The largest absolute Gasteiger partial charge is 0.473 e. The van der Waals surface area contributed by atoms with E-state index in [-0.39, 0.29) is 30.4 Å². The van der Waals surface area contributed by atoms with E-state index in [4.69, 9.17) is 15.0 Å². The molecular weight excluding hydrogens is 331 g/mol. The minimum Gasteiger partial charge on any atom is -0.369 e. The molecule has 1 aromatic rings. The first kappa shape index (κ1) is 14.8. The van der Waals surface area contributed by atoms with Crippen molar-refractivity contribution in [3.63, 3.8) is 0 Å². The van der Waals surface area contributed by atoms with Crippen molar-refractivity contribution in [2.24, 2.45) is 5.92 Å². The number of phosphoric acid groups is 1. The van der Waals surface area contributed by atoms with Gasteiger partial charge in [-0.15, -0.1) is 0 Å². The highest BCUT2D eigenvalue weighted by molar-refractivity contribution is 7.47. The van der Waals surface area contributed by atoms with Crippen LogP contribution in [0.25, 0.3) is 0 Å². The summed E-state index contributed by atoms with van der Waals surface area (Å²) in [4.78, 5) is 40.2. The molecule has 4 heterocycles. The summed E-state index contributed by atoms with van der Waals surface area (Å²) in [5.74, 6) is -0.957. The second kappa shape index (κ2) is 4.86. The maximum Gasteiger partial charge on any atom is 0.473 e. The van der Waals surface area contributed by atoms with Gasteiger partial charge in [-0.25, -0.2) is 4.57 Å². The summed E-state index contributed by atoms with van der Waals surface area (Å²) in [6.07, 6.45) is -2.69. The normalized spacial score (nSPS) is 38.9. The quantitative estimate of drug-likeness (QED) is 0.417. The number of rotatable bonds is 0. The van der Waals surface area contributed by atoms with Crippen molar-refractivity contribution in [3.05, 3.63) is 15.9 Å². The molecule has 5 atom stereocenters. The van der Waals surface area contributed by atoms with Crippen LogP contribution in [0.1, 0.15) is 5.56 Å². The number of Topliss-reactive ketones (excluding diaryl/α,β-unsaturated/α-hetero) is 1. The van der Waals surface area contributed by atoms with Crippen molar-refractivity contribution in [2.75, 3.05) is 17.7 Å². The molecule has 2 fully saturated rings. The number of ketones is 1. The standard InChI is InChI=1S/C11H13N4O7P/c12-11-14-8-4(9(17)15-11)1-3-6(16)7-5(21-10(3)13-8)2-20-23(18,19)22-7/h3,5,7,10H,1-2H2,(H,18,19)(H4,12,13,14,15,17)/t3-,5+,7-,10+/m0/s1. The molecule has 0 saturated carbocycles. The molecule has 3 aliphatic heterocycles. The zero-order chi connectivity index (χ0) is 16.4. The monoisotopic (exact) mass is 344 g/mol. The van der Waals surface area contributed by atoms with Crippen LogP contribution in [0.5, 0.6) is 0 Å². The van der Waals surface area contributed by atoms with E-state index >= 15 is 0 Å². The lowest BCUT2D eigenvalue weighted by Gasteiger charge is -2.44. The SMILES string of the molecule is Nc1nc2c(c(=O)[nH]1)C[C@H]1C(=O)[C@H]3OP(=O)(O)OC[C@H]3O[C@H]1N2. The molecule has 23 heavy (non-hydrogen) atoms. The van der Waals surface area contributed by atoms with Gasteiger partial charge >= 0.3 is 7.82 Å². The maximum absolute atomic E-state index is 12.6. The molecule has 11 nitrogen and oxygen atoms in total. The van der Waals surface area contributed by atoms with Gasteiger partial charge in [0.25, 0.3) is 5.56 Å². The van der Waals surface area contributed by atoms with Gasteiger partial charge in [0.05, 0.1) is 18.1 Å². The topological polar surface area (TPSA) is 166 Å². The number of H-pyrrole nitrogens is 1. The molecule has 0 aliphatic carbocycles. The highest BCUT2D eigenvalue weighted by Crippen LogP contribution is 2.51. The number of carbonyl (C=O) groups excluding carboxylic acids is 1. The van der Waals surface area contributed by atoms with Gasteiger partial charge in [0.1, 0.15) is 18.1 Å². The summed E-state index contributed by atoms with van der Waals surface area (Å²) in [6, 6.07) is 0. The van der Waals surface area contributed by atoms with E-state index in [1.807, 2.05) is 0 Å². The summed E-state index contributed by atoms with van der Waals surface area (Å²) in [6.45, 7) is -0.243. The van der Waals surface area contributed by atoms with E-state index in [9.17, 15) is 19.0 Å². The number of carbonyl (C=O) groups is 1. The molecule has 2 saturated heterocycles. The van der Waals surface area contributed by atoms with E-state index < -0.39 is 43.5 Å². The van der Waals surface area contributed by atoms with Crippen molar-refractivity contribution >= 4 is 25.4 Å². The Morgan fingerprint density at radius 1 is 1.39 bits per heavy atom. The van der Waals surface area contributed by atoms with Crippen molar-refractivity contribution in [1.82, 2.24) is 9.97 Å². The molecule has 1 aromatic heterocycles. The van der Waals surface area contributed by atoms with E-state index in [1.165, 1.54) is 0 Å². The molecule has 0 aromatic carbocycles. The van der Waals surface area contributed by atoms with Crippen molar-refractivity contribution < 1.29 is 28.0 Å². The van der Waals surface area contributed by atoms with Crippen LogP contribution in [0.3, 0.4) is 0 Å². The molecular formula is C11H13N4O7P. The van der Waals surface area contributed by atoms with Crippen molar-refractivity contribution in [1.29, 1.82) is 0 Å². The summed E-state index contributed by atoms with van der Waals surface area (Å²) in [5.41, 5.74) is 5.32. The number of phosphoric ester groups is 1. The lowest BCUT2D eigenvalue weighted by molar-refractivity contribution is -0.179.